The zero-order valence-corrected chi connectivity index (χ0v) is 16.7. The van der Waals surface area contributed by atoms with Crippen molar-refractivity contribution in [1.82, 2.24) is 9.47 Å². The largest absolute Gasteiger partial charge is 0.464 e. The molecule has 1 aromatic heterocycles. The first kappa shape index (κ1) is 20.2. The molecule has 1 heterocycles. The third-order valence-corrected chi connectivity index (χ3v) is 5.51. The molecular formula is C20H30N2O4. The van der Waals surface area contributed by atoms with Crippen LogP contribution in [0.2, 0.25) is 0 Å². The second-order valence-corrected chi connectivity index (χ2v) is 7.45. The van der Waals surface area contributed by atoms with Crippen LogP contribution in [0.15, 0.2) is 0 Å². The van der Waals surface area contributed by atoms with Gasteiger partial charge in [0.05, 0.1) is 13.7 Å². The van der Waals surface area contributed by atoms with Gasteiger partial charge in [0.2, 0.25) is 5.91 Å². The van der Waals surface area contributed by atoms with Crippen LogP contribution in [0, 0.1) is 19.8 Å². The van der Waals surface area contributed by atoms with Crippen LogP contribution in [-0.4, -0.2) is 46.8 Å². The van der Waals surface area contributed by atoms with Crippen LogP contribution in [-0.2, 0) is 16.6 Å². The minimum absolute atomic E-state index is 0.0359. The molecule has 2 rings (SSSR count). The van der Waals surface area contributed by atoms with Gasteiger partial charge in [0.25, 0.3) is 0 Å². The first-order valence-electron chi connectivity index (χ1n) is 9.28. The van der Waals surface area contributed by atoms with Crippen molar-refractivity contribution in [3.05, 3.63) is 22.5 Å². The topological polar surface area (TPSA) is 68.6 Å². The van der Waals surface area contributed by atoms with Crippen molar-refractivity contribution in [1.29, 1.82) is 0 Å². The maximum Gasteiger partial charge on any atom is 0.354 e. The van der Waals surface area contributed by atoms with Crippen LogP contribution in [0.1, 0.15) is 71.6 Å². The lowest BCUT2D eigenvalue weighted by Gasteiger charge is -2.29. The average molecular weight is 362 g/mol. The minimum Gasteiger partial charge on any atom is -0.464 e. The van der Waals surface area contributed by atoms with Crippen molar-refractivity contribution in [3.63, 3.8) is 0 Å². The molecule has 0 radical (unpaired) electrons. The number of rotatable bonds is 6. The molecule has 0 aliphatic heterocycles. The highest BCUT2D eigenvalue weighted by atomic mass is 16.5. The van der Waals surface area contributed by atoms with E-state index >= 15 is 0 Å². The Morgan fingerprint density at radius 2 is 1.77 bits per heavy atom. The molecule has 0 atom stereocenters. The van der Waals surface area contributed by atoms with Crippen molar-refractivity contribution < 1.29 is 19.1 Å². The summed E-state index contributed by atoms with van der Waals surface area (Å²) in [6.07, 6.45) is 3.98. The molecule has 1 saturated carbocycles. The van der Waals surface area contributed by atoms with Gasteiger partial charge in [-0.25, -0.2) is 4.79 Å². The number of esters is 1. The van der Waals surface area contributed by atoms with Crippen molar-refractivity contribution in [2.45, 2.75) is 59.4 Å². The Morgan fingerprint density at radius 1 is 1.19 bits per heavy atom. The van der Waals surface area contributed by atoms with Crippen LogP contribution in [0.5, 0.6) is 0 Å². The van der Waals surface area contributed by atoms with Gasteiger partial charge in [-0.2, -0.15) is 0 Å². The summed E-state index contributed by atoms with van der Waals surface area (Å²) in [5, 5.41) is 0. The number of methoxy groups -OCH3 is 1. The summed E-state index contributed by atoms with van der Waals surface area (Å²) in [6, 6.07) is -0.0450. The summed E-state index contributed by atoms with van der Waals surface area (Å²) in [5.41, 5.74) is 2.22. The van der Waals surface area contributed by atoms with Crippen molar-refractivity contribution >= 4 is 17.7 Å². The van der Waals surface area contributed by atoms with E-state index in [1.807, 2.05) is 20.8 Å². The van der Waals surface area contributed by atoms with E-state index in [0.717, 1.165) is 25.7 Å². The third kappa shape index (κ3) is 3.69. The molecule has 144 valence electrons. The molecule has 6 nitrogen and oxygen atoms in total. The zero-order valence-electron chi connectivity index (χ0n) is 16.7. The van der Waals surface area contributed by atoms with Gasteiger partial charge < -0.3 is 14.2 Å². The number of ketones is 1. The number of amides is 1. The molecule has 6 heteroatoms. The van der Waals surface area contributed by atoms with Crippen LogP contribution in [0.3, 0.4) is 0 Å². The minimum atomic E-state index is -0.463. The van der Waals surface area contributed by atoms with Crippen LogP contribution in [0.4, 0.5) is 0 Å². The van der Waals surface area contributed by atoms with Gasteiger partial charge in [0.15, 0.2) is 5.78 Å². The molecule has 0 unspecified atom stereocenters. The number of hydrogen-bond donors (Lipinski definition) is 0. The summed E-state index contributed by atoms with van der Waals surface area (Å²) in [6.45, 7) is 7.48. The van der Waals surface area contributed by atoms with Gasteiger partial charge in [0.1, 0.15) is 5.69 Å². The number of carbonyl (C=O) groups excluding carboxylic acids is 3. The van der Waals surface area contributed by atoms with Crippen molar-refractivity contribution in [2.75, 3.05) is 13.7 Å². The molecule has 1 aliphatic rings. The van der Waals surface area contributed by atoms with E-state index in [1.165, 1.54) is 7.11 Å². The molecule has 0 spiro atoms. The Bertz CT molecular complexity index is 712. The molecule has 1 fully saturated rings. The predicted molar refractivity (Wildman–Crippen MR) is 99.4 cm³/mol. The number of nitrogens with zero attached hydrogens (tertiary/aromatic N) is 2. The van der Waals surface area contributed by atoms with E-state index in [4.69, 9.17) is 4.74 Å². The fourth-order valence-corrected chi connectivity index (χ4v) is 3.93. The Kier molecular flexibility index (Phi) is 6.26. The average Bonchev–Trinajstić information content (AvgIpc) is 3.19. The van der Waals surface area contributed by atoms with Gasteiger partial charge in [-0.05, 0) is 46.1 Å². The number of ether oxygens (including phenoxy) is 1. The fourth-order valence-electron chi connectivity index (χ4n) is 3.93. The summed E-state index contributed by atoms with van der Waals surface area (Å²) < 4.78 is 6.52. The van der Waals surface area contributed by atoms with E-state index in [2.05, 4.69) is 0 Å². The van der Waals surface area contributed by atoms with Gasteiger partial charge in [-0.15, -0.1) is 0 Å². The van der Waals surface area contributed by atoms with Gasteiger partial charge in [0, 0.05) is 30.3 Å². The summed E-state index contributed by atoms with van der Waals surface area (Å²) >= 11 is 0. The molecule has 26 heavy (non-hydrogen) atoms. The van der Waals surface area contributed by atoms with E-state index in [-0.39, 0.29) is 30.2 Å². The molecule has 0 bridgehead atoms. The van der Waals surface area contributed by atoms with Crippen LogP contribution < -0.4 is 0 Å². The highest BCUT2D eigenvalue weighted by Crippen LogP contribution is 2.28. The monoisotopic (exact) mass is 362 g/mol. The second kappa shape index (κ2) is 8.06. The van der Waals surface area contributed by atoms with Crippen LogP contribution >= 0.6 is 0 Å². The molecule has 1 aromatic rings. The van der Waals surface area contributed by atoms with Crippen molar-refractivity contribution in [3.8, 4) is 0 Å². The number of Topliss-reactive ketones (excluding diaryl/α,β-unsaturated/α-hetero) is 1. The Hall–Kier alpha value is -2.11. The molecular weight excluding hydrogens is 332 g/mol. The van der Waals surface area contributed by atoms with Gasteiger partial charge in [-0.3, -0.25) is 9.59 Å². The number of carbonyl (C=O) groups is 3. The molecule has 0 saturated heterocycles. The molecule has 1 amide bonds. The first-order chi connectivity index (χ1) is 12.2. The highest BCUT2D eigenvalue weighted by molar-refractivity contribution is 6.04. The number of hydrogen-bond acceptors (Lipinski definition) is 4. The van der Waals surface area contributed by atoms with E-state index in [9.17, 15) is 14.4 Å². The Labute approximate surface area is 155 Å². The second-order valence-electron chi connectivity index (χ2n) is 7.45. The Balaban J connectivity index is 2.30. The summed E-state index contributed by atoms with van der Waals surface area (Å²) in [4.78, 5) is 39.6. The lowest BCUT2D eigenvalue weighted by Crippen LogP contribution is -2.43. The molecule has 1 aliphatic carbocycles. The van der Waals surface area contributed by atoms with E-state index in [0.29, 0.717) is 22.5 Å². The quantitative estimate of drug-likeness (QED) is 0.576. The highest BCUT2D eigenvalue weighted by Gasteiger charge is 2.32. The maximum atomic E-state index is 13.0. The molecule has 0 aromatic carbocycles. The maximum absolute atomic E-state index is 13.0. The lowest BCUT2D eigenvalue weighted by molar-refractivity contribution is -0.136. The first-order valence-corrected chi connectivity index (χ1v) is 9.28. The fraction of sp³-hybridized carbons (Fsp3) is 0.650. The Morgan fingerprint density at radius 3 is 2.27 bits per heavy atom. The number of aromatic nitrogens is 1. The summed E-state index contributed by atoms with van der Waals surface area (Å²) in [7, 11) is 3.07. The molecule has 0 N–H and O–H groups in total. The van der Waals surface area contributed by atoms with Gasteiger partial charge in [-0.1, -0.05) is 12.8 Å². The third-order valence-electron chi connectivity index (χ3n) is 5.51. The van der Waals surface area contributed by atoms with E-state index < -0.39 is 5.97 Å². The predicted octanol–water partition coefficient (Wildman–Crippen LogP) is 3.04. The standard InChI is InChI=1S/C20H30N2O4/c1-12(2)22(19(24)15-9-7-8-10-15)11-16(23)17-13(3)18(20(25)26-6)21(5)14(17)4/h12,15H,7-11H2,1-6H3. The van der Waals surface area contributed by atoms with Crippen molar-refractivity contribution in [2.24, 2.45) is 13.0 Å². The lowest BCUT2D eigenvalue weighted by atomic mass is 10.0. The van der Waals surface area contributed by atoms with Crippen LogP contribution in [0.25, 0.3) is 0 Å². The van der Waals surface area contributed by atoms with Gasteiger partial charge >= 0.3 is 5.97 Å². The van der Waals surface area contributed by atoms with E-state index in [1.54, 1.807) is 23.4 Å². The smallest absolute Gasteiger partial charge is 0.354 e. The summed E-state index contributed by atoms with van der Waals surface area (Å²) in [5.74, 6) is -0.486. The zero-order chi connectivity index (χ0) is 19.6. The normalized spacial score (nSPS) is 14.7. The SMILES string of the molecule is COC(=O)c1c(C)c(C(=O)CN(C(=O)C2CCCC2)C(C)C)c(C)n1C.